The van der Waals surface area contributed by atoms with Crippen LogP contribution in [0.4, 0.5) is 4.79 Å². The fourth-order valence-electron chi connectivity index (χ4n) is 2.07. The molecule has 0 aromatic rings. The maximum absolute atomic E-state index is 11.5. The van der Waals surface area contributed by atoms with Gasteiger partial charge in [0.05, 0.1) is 19.6 Å². The third-order valence-electron chi connectivity index (χ3n) is 2.81. The number of likely N-dealkylation sites (tertiary alicyclic amines) is 1. The summed E-state index contributed by atoms with van der Waals surface area (Å²) in [7, 11) is 0. The van der Waals surface area contributed by atoms with E-state index in [0.29, 0.717) is 26.2 Å². The molecule has 17 heavy (non-hydrogen) atoms. The number of amides is 1. The second-order valence-electron chi connectivity index (χ2n) is 4.16. The molecule has 1 fully saturated rings. The van der Waals surface area contributed by atoms with Crippen molar-refractivity contribution in [3.8, 4) is 0 Å². The van der Waals surface area contributed by atoms with Gasteiger partial charge in [0.25, 0.3) is 0 Å². The van der Waals surface area contributed by atoms with Crippen LogP contribution in [0.1, 0.15) is 33.1 Å². The van der Waals surface area contributed by atoms with Crippen molar-refractivity contribution in [1.29, 1.82) is 0 Å². The van der Waals surface area contributed by atoms with Crippen LogP contribution in [0.25, 0.3) is 0 Å². The maximum Gasteiger partial charge on any atom is 0.409 e. The van der Waals surface area contributed by atoms with Crippen LogP contribution >= 0.6 is 0 Å². The van der Waals surface area contributed by atoms with Gasteiger partial charge < -0.3 is 14.4 Å². The van der Waals surface area contributed by atoms with Crippen molar-refractivity contribution in [1.82, 2.24) is 4.90 Å². The van der Waals surface area contributed by atoms with Crippen LogP contribution in [0.3, 0.4) is 0 Å². The van der Waals surface area contributed by atoms with Gasteiger partial charge in [0, 0.05) is 13.1 Å². The second-order valence-corrected chi connectivity index (χ2v) is 4.16. The van der Waals surface area contributed by atoms with E-state index in [0.717, 1.165) is 19.4 Å². The average Bonchev–Trinajstić information content (AvgIpc) is 2.30. The monoisotopic (exact) mass is 243 g/mol. The Balaban J connectivity index is 2.38. The van der Waals surface area contributed by atoms with Crippen LogP contribution in [0, 0.1) is 5.92 Å². The molecular weight excluding hydrogens is 222 g/mol. The molecule has 1 amide bonds. The van der Waals surface area contributed by atoms with Gasteiger partial charge >= 0.3 is 12.1 Å². The molecular formula is C12H21NO4. The highest BCUT2D eigenvalue weighted by Gasteiger charge is 2.26. The maximum atomic E-state index is 11.5. The van der Waals surface area contributed by atoms with Crippen molar-refractivity contribution in [3.63, 3.8) is 0 Å². The molecule has 1 heterocycles. The number of hydrogen-bond acceptors (Lipinski definition) is 4. The molecule has 1 saturated heterocycles. The molecule has 0 radical (unpaired) electrons. The van der Waals surface area contributed by atoms with Crippen molar-refractivity contribution in [2.24, 2.45) is 5.92 Å². The Morgan fingerprint density at radius 2 is 1.94 bits per heavy atom. The molecule has 5 nitrogen and oxygen atoms in total. The van der Waals surface area contributed by atoms with E-state index >= 15 is 0 Å². The highest BCUT2D eigenvalue weighted by atomic mass is 16.6. The van der Waals surface area contributed by atoms with Gasteiger partial charge in [0.2, 0.25) is 0 Å². The first-order valence-electron chi connectivity index (χ1n) is 6.24. The van der Waals surface area contributed by atoms with Crippen LogP contribution in [-0.2, 0) is 14.3 Å². The molecule has 0 spiro atoms. The van der Waals surface area contributed by atoms with Gasteiger partial charge in [-0.3, -0.25) is 4.79 Å². The van der Waals surface area contributed by atoms with E-state index in [1.54, 1.807) is 18.7 Å². The average molecular weight is 243 g/mol. The summed E-state index contributed by atoms with van der Waals surface area (Å²) in [5.41, 5.74) is 0. The van der Waals surface area contributed by atoms with E-state index in [4.69, 9.17) is 9.47 Å². The third-order valence-corrected chi connectivity index (χ3v) is 2.81. The summed E-state index contributed by atoms with van der Waals surface area (Å²) in [5, 5.41) is 0. The molecule has 0 bridgehead atoms. The lowest BCUT2D eigenvalue weighted by Crippen LogP contribution is -2.40. The number of nitrogens with zero attached hydrogens (tertiary/aromatic N) is 1. The predicted octanol–water partition coefficient (Wildman–Crippen LogP) is 1.81. The van der Waals surface area contributed by atoms with Gasteiger partial charge in [0.1, 0.15) is 0 Å². The van der Waals surface area contributed by atoms with E-state index < -0.39 is 0 Å². The van der Waals surface area contributed by atoms with Crippen molar-refractivity contribution < 1.29 is 19.1 Å². The molecule has 1 aliphatic rings. The molecule has 98 valence electrons. The number of rotatable bonds is 4. The van der Waals surface area contributed by atoms with Crippen LogP contribution < -0.4 is 0 Å². The Morgan fingerprint density at radius 1 is 1.24 bits per heavy atom. The molecule has 1 aliphatic heterocycles. The minimum atomic E-state index is -0.277. The molecule has 0 aromatic carbocycles. The first-order valence-corrected chi connectivity index (χ1v) is 6.24. The van der Waals surface area contributed by atoms with Crippen LogP contribution in [0.2, 0.25) is 0 Å². The Kier molecular flexibility index (Phi) is 5.80. The van der Waals surface area contributed by atoms with Crippen LogP contribution in [-0.4, -0.2) is 43.3 Å². The molecule has 1 unspecified atom stereocenters. The zero-order valence-corrected chi connectivity index (χ0v) is 10.6. The quantitative estimate of drug-likeness (QED) is 0.707. The number of esters is 1. The third kappa shape index (κ3) is 4.63. The number of carbonyl (C=O) groups excluding carboxylic acids is 2. The number of hydrogen-bond donors (Lipinski definition) is 0. The van der Waals surface area contributed by atoms with Gasteiger partial charge in [-0.15, -0.1) is 0 Å². The van der Waals surface area contributed by atoms with E-state index in [1.165, 1.54) is 0 Å². The summed E-state index contributed by atoms with van der Waals surface area (Å²) in [6.07, 6.45) is 2.00. The fraction of sp³-hybridized carbons (Fsp3) is 0.833. The Bertz CT molecular complexity index is 267. The van der Waals surface area contributed by atoms with Crippen molar-refractivity contribution in [2.75, 3.05) is 26.3 Å². The highest BCUT2D eigenvalue weighted by Crippen LogP contribution is 2.20. The zero-order chi connectivity index (χ0) is 12.7. The van der Waals surface area contributed by atoms with Gasteiger partial charge in [0.15, 0.2) is 0 Å². The molecule has 0 aliphatic carbocycles. The summed E-state index contributed by atoms with van der Waals surface area (Å²) < 4.78 is 9.87. The Labute approximate surface area is 102 Å². The first-order chi connectivity index (χ1) is 8.17. The van der Waals surface area contributed by atoms with Crippen molar-refractivity contribution in [2.45, 2.75) is 33.1 Å². The smallest absolute Gasteiger partial charge is 0.409 e. The van der Waals surface area contributed by atoms with E-state index in [2.05, 4.69) is 0 Å². The van der Waals surface area contributed by atoms with E-state index in [-0.39, 0.29) is 18.0 Å². The zero-order valence-electron chi connectivity index (χ0n) is 10.6. The summed E-state index contributed by atoms with van der Waals surface area (Å²) in [5.74, 6) is 0.0235. The highest BCUT2D eigenvalue weighted by molar-refractivity contribution is 5.70. The second kappa shape index (κ2) is 7.14. The summed E-state index contributed by atoms with van der Waals surface area (Å²) >= 11 is 0. The van der Waals surface area contributed by atoms with Gasteiger partial charge in [-0.25, -0.2) is 4.79 Å². The SMILES string of the molecule is CCOC(=O)CC1CCCN(C(=O)OCC)C1. The Morgan fingerprint density at radius 3 is 2.59 bits per heavy atom. The number of carbonyl (C=O) groups is 2. The molecule has 1 atom stereocenters. The van der Waals surface area contributed by atoms with Crippen LogP contribution in [0.15, 0.2) is 0 Å². The molecule has 0 saturated carbocycles. The van der Waals surface area contributed by atoms with Gasteiger partial charge in [-0.2, -0.15) is 0 Å². The summed E-state index contributed by atoms with van der Waals surface area (Å²) in [6.45, 7) is 5.70. The predicted molar refractivity (Wildman–Crippen MR) is 62.6 cm³/mol. The summed E-state index contributed by atoms with van der Waals surface area (Å²) in [4.78, 5) is 24.6. The lowest BCUT2D eigenvalue weighted by atomic mass is 9.95. The van der Waals surface area contributed by atoms with Gasteiger partial charge in [-0.05, 0) is 32.6 Å². The lowest BCUT2D eigenvalue weighted by molar-refractivity contribution is -0.144. The molecule has 1 rings (SSSR count). The molecule has 5 heteroatoms. The molecule has 0 aromatic heterocycles. The Hall–Kier alpha value is -1.26. The summed E-state index contributed by atoms with van der Waals surface area (Å²) in [6, 6.07) is 0. The van der Waals surface area contributed by atoms with E-state index in [1.807, 2.05) is 0 Å². The minimum Gasteiger partial charge on any atom is -0.466 e. The van der Waals surface area contributed by atoms with Crippen LogP contribution in [0.5, 0.6) is 0 Å². The number of piperidine rings is 1. The first kappa shape index (κ1) is 13.8. The lowest BCUT2D eigenvalue weighted by Gasteiger charge is -2.31. The standard InChI is InChI=1S/C12H21NO4/c1-3-16-11(14)8-10-6-5-7-13(9-10)12(15)17-4-2/h10H,3-9H2,1-2H3. The fourth-order valence-corrected chi connectivity index (χ4v) is 2.07. The normalized spacial score (nSPS) is 19.9. The van der Waals surface area contributed by atoms with Crippen molar-refractivity contribution >= 4 is 12.1 Å². The van der Waals surface area contributed by atoms with E-state index in [9.17, 15) is 9.59 Å². The largest absolute Gasteiger partial charge is 0.466 e. The molecule has 0 N–H and O–H groups in total. The number of ether oxygens (including phenoxy) is 2. The topological polar surface area (TPSA) is 55.8 Å². The minimum absolute atomic E-state index is 0.178. The van der Waals surface area contributed by atoms with Gasteiger partial charge in [-0.1, -0.05) is 0 Å². The van der Waals surface area contributed by atoms with Crippen molar-refractivity contribution in [3.05, 3.63) is 0 Å².